The average molecular weight is 286 g/mol. The van der Waals surface area contributed by atoms with E-state index in [0.29, 0.717) is 25.4 Å². The highest BCUT2D eigenvalue weighted by Gasteiger charge is 2.25. The van der Waals surface area contributed by atoms with E-state index in [1.807, 2.05) is 0 Å². The van der Waals surface area contributed by atoms with Crippen molar-refractivity contribution in [1.29, 1.82) is 0 Å². The van der Waals surface area contributed by atoms with Gasteiger partial charge in [0.1, 0.15) is 13.2 Å². The Kier molecular flexibility index (Phi) is 7.80. The molecule has 1 aliphatic heterocycles. The van der Waals surface area contributed by atoms with Crippen molar-refractivity contribution < 1.29 is 23.5 Å². The minimum absolute atomic E-state index is 0.265. The summed E-state index contributed by atoms with van der Waals surface area (Å²) in [6.45, 7) is 11.3. The Balaban J connectivity index is 1.85. The van der Waals surface area contributed by atoms with Crippen LogP contribution in [0.5, 0.6) is 0 Å². The third-order valence-corrected chi connectivity index (χ3v) is 3.60. The van der Waals surface area contributed by atoms with Gasteiger partial charge in [0.15, 0.2) is 0 Å². The molecule has 0 spiro atoms. The highest BCUT2D eigenvalue weighted by atomic mass is 16.6. The predicted octanol–water partition coefficient (Wildman–Crippen LogP) is 1.38. The van der Waals surface area contributed by atoms with Gasteiger partial charge in [-0.05, 0) is 6.92 Å². The Labute approximate surface area is 122 Å². The van der Waals surface area contributed by atoms with Crippen LogP contribution in [-0.2, 0) is 19.0 Å². The Morgan fingerprint density at radius 2 is 1.60 bits per heavy atom. The summed E-state index contributed by atoms with van der Waals surface area (Å²) < 4.78 is 16.9. The summed E-state index contributed by atoms with van der Waals surface area (Å²) >= 11 is 0. The van der Waals surface area contributed by atoms with E-state index in [0.717, 1.165) is 17.6 Å². The van der Waals surface area contributed by atoms with Crippen molar-refractivity contribution >= 4 is 5.97 Å². The van der Waals surface area contributed by atoms with Gasteiger partial charge >= 0.3 is 5.97 Å². The molecule has 20 heavy (non-hydrogen) atoms. The zero-order valence-corrected chi connectivity index (χ0v) is 12.9. The summed E-state index contributed by atoms with van der Waals surface area (Å²) in [6, 6.07) is 0. The number of ether oxygens (including phenoxy) is 3. The molecule has 0 unspecified atom stereocenters. The number of nitrogens with zero attached hydrogens (tertiary/aromatic N) is 1. The SMILES string of the molecule is C=C(C)C(=O)OCCOCCOCC[N+]1(C)CCCC1. The van der Waals surface area contributed by atoms with Crippen molar-refractivity contribution in [3.63, 3.8) is 0 Å². The van der Waals surface area contributed by atoms with Crippen LogP contribution in [0.4, 0.5) is 0 Å². The largest absolute Gasteiger partial charge is 0.460 e. The smallest absolute Gasteiger partial charge is 0.333 e. The highest BCUT2D eigenvalue weighted by Crippen LogP contribution is 2.15. The van der Waals surface area contributed by atoms with Crippen molar-refractivity contribution in [2.24, 2.45) is 0 Å². The molecule has 0 saturated carbocycles. The lowest BCUT2D eigenvalue weighted by Crippen LogP contribution is -2.43. The van der Waals surface area contributed by atoms with Gasteiger partial charge in [0, 0.05) is 18.4 Å². The van der Waals surface area contributed by atoms with E-state index in [1.54, 1.807) is 6.92 Å². The van der Waals surface area contributed by atoms with Crippen LogP contribution >= 0.6 is 0 Å². The fourth-order valence-corrected chi connectivity index (χ4v) is 2.25. The van der Waals surface area contributed by atoms with Crippen molar-refractivity contribution in [3.8, 4) is 0 Å². The molecule has 5 heteroatoms. The second-order valence-electron chi connectivity index (χ2n) is 5.64. The maximum absolute atomic E-state index is 11.1. The summed E-state index contributed by atoms with van der Waals surface area (Å²) in [5.41, 5.74) is 0.409. The normalized spacial score (nSPS) is 17.1. The highest BCUT2D eigenvalue weighted by molar-refractivity contribution is 5.86. The number of esters is 1. The Bertz CT molecular complexity index is 311. The summed E-state index contributed by atoms with van der Waals surface area (Å²) in [7, 11) is 2.29. The molecule has 0 aliphatic carbocycles. The number of hydrogen-bond acceptors (Lipinski definition) is 4. The number of carbonyl (C=O) groups is 1. The lowest BCUT2D eigenvalue weighted by Gasteiger charge is -2.28. The van der Waals surface area contributed by atoms with Crippen LogP contribution in [0.1, 0.15) is 19.8 Å². The van der Waals surface area contributed by atoms with Crippen molar-refractivity contribution in [1.82, 2.24) is 0 Å². The molecule has 0 aromatic heterocycles. The van der Waals surface area contributed by atoms with Crippen molar-refractivity contribution in [3.05, 3.63) is 12.2 Å². The van der Waals surface area contributed by atoms with Crippen LogP contribution in [0.15, 0.2) is 12.2 Å². The maximum Gasteiger partial charge on any atom is 0.333 e. The molecular formula is C15H28NO4+. The lowest BCUT2D eigenvalue weighted by atomic mass is 10.4. The third-order valence-electron chi connectivity index (χ3n) is 3.60. The Morgan fingerprint density at radius 1 is 1.05 bits per heavy atom. The van der Waals surface area contributed by atoms with Gasteiger partial charge in [-0.15, -0.1) is 0 Å². The first-order valence-corrected chi connectivity index (χ1v) is 7.35. The van der Waals surface area contributed by atoms with E-state index < -0.39 is 0 Å². The fourth-order valence-electron chi connectivity index (χ4n) is 2.25. The first kappa shape index (κ1) is 17.1. The number of carbonyl (C=O) groups excluding carboxylic acids is 1. The molecule has 0 atom stereocenters. The average Bonchev–Trinajstić information content (AvgIpc) is 2.83. The van der Waals surface area contributed by atoms with Crippen molar-refractivity contribution in [2.45, 2.75) is 19.8 Å². The Hall–Kier alpha value is -0.910. The van der Waals surface area contributed by atoms with E-state index in [-0.39, 0.29) is 12.6 Å². The second kappa shape index (κ2) is 9.10. The third kappa shape index (κ3) is 7.03. The van der Waals surface area contributed by atoms with Crippen LogP contribution in [0.2, 0.25) is 0 Å². The lowest BCUT2D eigenvalue weighted by molar-refractivity contribution is -0.898. The molecule has 116 valence electrons. The first-order valence-electron chi connectivity index (χ1n) is 7.35. The minimum atomic E-state index is -0.368. The summed E-state index contributed by atoms with van der Waals surface area (Å²) in [6.07, 6.45) is 2.67. The number of rotatable bonds is 10. The molecule has 1 rings (SSSR count). The van der Waals surface area contributed by atoms with Gasteiger partial charge in [-0.1, -0.05) is 6.58 Å². The topological polar surface area (TPSA) is 44.8 Å². The van der Waals surface area contributed by atoms with E-state index in [1.165, 1.54) is 25.9 Å². The van der Waals surface area contributed by atoms with E-state index in [2.05, 4.69) is 13.6 Å². The Morgan fingerprint density at radius 3 is 2.20 bits per heavy atom. The fraction of sp³-hybridized carbons (Fsp3) is 0.800. The van der Waals surface area contributed by atoms with Crippen LogP contribution in [0.3, 0.4) is 0 Å². The monoisotopic (exact) mass is 286 g/mol. The molecule has 0 N–H and O–H groups in total. The number of likely N-dealkylation sites (N-methyl/N-ethyl adjacent to an activating group) is 1. The maximum atomic E-state index is 11.1. The molecule has 5 nitrogen and oxygen atoms in total. The van der Waals surface area contributed by atoms with Gasteiger partial charge in [0.2, 0.25) is 0 Å². The van der Waals surface area contributed by atoms with Crippen LogP contribution in [0, 0.1) is 0 Å². The molecule has 1 heterocycles. The van der Waals surface area contributed by atoms with Gasteiger partial charge in [-0.3, -0.25) is 0 Å². The quantitative estimate of drug-likeness (QED) is 0.263. The van der Waals surface area contributed by atoms with E-state index >= 15 is 0 Å². The van der Waals surface area contributed by atoms with Gasteiger partial charge < -0.3 is 18.7 Å². The molecule has 0 aromatic carbocycles. The molecule has 1 saturated heterocycles. The predicted molar refractivity (Wildman–Crippen MR) is 77.4 cm³/mol. The van der Waals surface area contributed by atoms with Gasteiger partial charge in [0.25, 0.3) is 0 Å². The van der Waals surface area contributed by atoms with Crippen molar-refractivity contribution in [2.75, 3.05) is 59.7 Å². The zero-order chi connectivity index (χ0) is 14.8. The van der Waals surface area contributed by atoms with Gasteiger partial charge in [-0.2, -0.15) is 0 Å². The van der Waals surface area contributed by atoms with E-state index in [9.17, 15) is 4.79 Å². The molecule has 1 fully saturated rings. The number of likely N-dealkylation sites (tertiary alicyclic amines) is 1. The molecule has 0 amide bonds. The van der Waals surface area contributed by atoms with Gasteiger partial charge in [-0.25, -0.2) is 4.79 Å². The van der Waals surface area contributed by atoms with Crippen LogP contribution in [-0.4, -0.2) is 70.2 Å². The standard InChI is InChI=1S/C15H28NO4/c1-14(2)15(17)20-13-12-19-11-10-18-9-8-16(3)6-4-5-7-16/h1,4-13H2,2-3H3/q+1. The molecule has 0 radical (unpaired) electrons. The molecular weight excluding hydrogens is 258 g/mol. The summed E-state index contributed by atoms with van der Waals surface area (Å²) in [5, 5.41) is 0. The first-order chi connectivity index (χ1) is 9.53. The number of hydrogen-bond donors (Lipinski definition) is 0. The molecule has 0 bridgehead atoms. The summed E-state index contributed by atoms with van der Waals surface area (Å²) in [4.78, 5) is 11.1. The van der Waals surface area contributed by atoms with E-state index in [4.69, 9.17) is 14.2 Å². The number of quaternary nitrogens is 1. The van der Waals surface area contributed by atoms with Crippen LogP contribution in [0.25, 0.3) is 0 Å². The van der Waals surface area contributed by atoms with Crippen LogP contribution < -0.4 is 0 Å². The summed E-state index contributed by atoms with van der Waals surface area (Å²) in [5.74, 6) is -0.368. The molecule has 0 aromatic rings. The van der Waals surface area contributed by atoms with Gasteiger partial charge in [0.05, 0.1) is 46.6 Å². The minimum Gasteiger partial charge on any atom is -0.460 e. The zero-order valence-electron chi connectivity index (χ0n) is 12.9. The second-order valence-corrected chi connectivity index (χ2v) is 5.64. The molecule has 1 aliphatic rings.